The fourth-order valence-corrected chi connectivity index (χ4v) is 3.99. The van der Waals surface area contributed by atoms with Gasteiger partial charge in [-0.1, -0.05) is 48.0 Å². The molecule has 30 heavy (non-hydrogen) atoms. The van der Waals surface area contributed by atoms with Gasteiger partial charge in [0.25, 0.3) is 0 Å². The Morgan fingerprint density at radius 3 is 2.63 bits per heavy atom. The van der Waals surface area contributed by atoms with E-state index in [-0.39, 0.29) is 5.02 Å². The van der Waals surface area contributed by atoms with E-state index < -0.39 is 12.1 Å². The number of fused-ring (bicyclic) bond motifs is 3. The van der Waals surface area contributed by atoms with Crippen molar-refractivity contribution >= 4 is 34.4 Å². The van der Waals surface area contributed by atoms with Gasteiger partial charge in [0.1, 0.15) is 17.4 Å². The highest BCUT2D eigenvalue weighted by molar-refractivity contribution is 6.32. The standard InChI is InChI=1S/C23H13ClN4O2/c24-19-15(13-25)5-3-7-16(19)21-17-10-9-14-6-4-12-27-20(14)22(17)30-23(29)28(21)18-8-1-2-11-26-18/h1-12,21H. The molecule has 2 aromatic carbocycles. The van der Waals surface area contributed by atoms with Gasteiger partial charge < -0.3 is 4.74 Å². The average Bonchev–Trinajstić information content (AvgIpc) is 2.79. The van der Waals surface area contributed by atoms with Gasteiger partial charge in [0.15, 0.2) is 5.75 Å². The van der Waals surface area contributed by atoms with Crippen LogP contribution in [0.25, 0.3) is 10.9 Å². The van der Waals surface area contributed by atoms with E-state index in [9.17, 15) is 10.1 Å². The fraction of sp³-hybridized carbons (Fsp3) is 0.0435. The molecule has 0 radical (unpaired) electrons. The molecular formula is C23H13ClN4O2. The number of nitriles is 1. The van der Waals surface area contributed by atoms with Crippen LogP contribution >= 0.6 is 11.6 Å². The summed E-state index contributed by atoms with van der Waals surface area (Å²) in [5, 5.41) is 10.6. The number of carbonyl (C=O) groups excluding carboxylic acids is 1. The normalized spacial score (nSPS) is 15.4. The molecule has 144 valence electrons. The van der Waals surface area contributed by atoms with E-state index in [0.717, 1.165) is 5.39 Å². The van der Waals surface area contributed by atoms with Crippen LogP contribution in [0.15, 0.2) is 73.1 Å². The topological polar surface area (TPSA) is 79.1 Å². The van der Waals surface area contributed by atoms with Crippen molar-refractivity contribution in [3.05, 3.63) is 94.8 Å². The van der Waals surface area contributed by atoms with E-state index in [2.05, 4.69) is 16.0 Å². The van der Waals surface area contributed by atoms with Gasteiger partial charge in [0.05, 0.1) is 16.6 Å². The monoisotopic (exact) mass is 412 g/mol. The summed E-state index contributed by atoms with van der Waals surface area (Å²) in [5.74, 6) is 0.798. The molecule has 1 atom stereocenters. The predicted octanol–water partition coefficient (Wildman–Crippen LogP) is 5.26. The summed E-state index contributed by atoms with van der Waals surface area (Å²) in [4.78, 5) is 23.4. The maximum Gasteiger partial charge on any atom is 0.421 e. The lowest BCUT2D eigenvalue weighted by atomic mass is 9.93. The Labute approximate surface area is 176 Å². The third kappa shape index (κ3) is 2.76. The van der Waals surface area contributed by atoms with Crippen molar-refractivity contribution in [1.29, 1.82) is 5.26 Å². The van der Waals surface area contributed by atoms with E-state index in [1.165, 1.54) is 4.90 Å². The second-order valence-corrected chi connectivity index (χ2v) is 7.09. The molecular weight excluding hydrogens is 400 g/mol. The molecule has 0 bridgehead atoms. The van der Waals surface area contributed by atoms with Crippen molar-refractivity contribution in [2.24, 2.45) is 0 Å². The Kier molecular flexibility index (Phi) is 4.31. The minimum atomic E-state index is -0.636. The van der Waals surface area contributed by atoms with Crippen LogP contribution in [0.3, 0.4) is 0 Å². The second-order valence-electron chi connectivity index (χ2n) is 6.71. The third-order valence-electron chi connectivity index (χ3n) is 5.04. The van der Waals surface area contributed by atoms with Gasteiger partial charge in [0, 0.05) is 23.3 Å². The van der Waals surface area contributed by atoms with Gasteiger partial charge in [-0.2, -0.15) is 5.26 Å². The van der Waals surface area contributed by atoms with E-state index in [1.54, 1.807) is 48.8 Å². The largest absolute Gasteiger partial charge is 0.421 e. The van der Waals surface area contributed by atoms with Crippen molar-refractivity contribution < 1.29 is 9.53 Å². The van der Waals surface area contributed by atoms with Gasteiger partial charge in [-0.25, -0.2) is 14.7 Å². The Hall–Kier alpha value is -3.95. The maximum absolute atomic E-state index is 13.2. The molecule has 7 heteroatoms. The Balaban J connectivity index is 1.82. The first-order valence-electron chi connectivity index (χ1n) is 9.17. The van der Waals surface area contributed by atoms with E-state index >= 15 is 0 Å². The molecule has 5 rings (SSSR count). The third-order valence-corrected chi connectivity index (χ3v) is 5.46. The zero-order valence-electron chi connectivity index (χ0n) is 15.5. The van der Waals surface area contributed by atoms with Gasteiger partial charge >= 0.3 is 6.09 Å². The molecule has 0 aliphatic carbocycles. The number of carbonyl (C=O) groups is 1. The second kappa shape index (κ2) is 7.14. The minimum absolute atomic E-state index is 0.285. The Bertz CT molecular complexity index is 1330. The highest BCUT2D eigenvalue weighted by atomic mass is 35.5. The van der Waals surface area contributed by atoms with Gasteiger partial charge in [-0.3, -0.25) is 4.98 Å². The number of halogens is 1. The van der Waals surface area contributed by atoms with Crippen molar-refractivity contribution in [1.82, 2.24) is 9.97 Å². The summed E-state index contributed by atoms with van der Waals surface area (Å²) in [5.41, 5.74) is 2.23. The summed E-state index contributed by atoms with van der Waals surface area (Å²) in [6.07, 6.45) is 2.66. The molecule has 0 saturated heterocycles. The molecule has 1 aliphatic rings. The Morgan fingerprint density at radius 2 is 1.83 bits per heavy atom. The summed E-state index contributed by atoms with van der Waals surface area (Å²) in [6.45, 7) is 0. The summed E-state index contributed by atoms with van der Waals surface area (Å²) < 4.78 is 5.74. The average molecular weight is 413 g/mol. The van der Waals surface area contributed by atoms with Crippen molar-refractivity contribution in [2.75, 3.05) is 4.90 Å². The predicted molar refractivity (Wildman–Crippen MR) is 112 cm³/mol. The van der Waals surface area contributed by atoms with Crippen LogP contribution in [-0.2, 0) is 0 Å². The van der Waals surface area contributed by atoms with Crippen LogP contribution in [0.4, 0.5) is 10.6 Å². The number of hydrogen-bond donors (Lipinski definition) is 0. The summed E-state index contributed by atoms with van der Waals surface area (Å²) in [6, 6.07) is 19.5. The molecule has 1 unspecified atom stereocenters. The van der Waals surface area contributed by atoms with Gasteiger partial charge in [-0.15, -0.1) is 0 Å². The SMILES string of the molecule is N#Cc1cccc(C2c3ccc4cccnc4c3OC(=O)N2c2ccccn2)c1Cl. The first kappa shape index (κ1) is 18.1. The smallest absolute Gasteiger partial charge is 0.407 e. The van der Waals surface area contributed by atoms with Gasteiger partial charge in [-0.05, 0) is 29.8 Å². The van der Waals surface area contributed by atoms with E-state index in [0.29, 0.717) is 33.8 Å². The van der Waals surface area contributed by atoms with Crippen LogP contribution in [0.5, 0.6) is 5.75 Å². The first-order chi connectivity index (χ1) is 14.7. The number of benzene rings is 2. The van der Waals surface area contributed by atoms with Crippen molar-refractivity contribution in [2.45, 2.75) is 6.04 Å². The van der Waals surface area contributed by atoms with Crippen LogP contribution in [-0.4, -0.2) is 16.1 Å². The summed E-state index contributed by atoms with van der Waals surface area (Å²) in [7, 11) is 0. The zero-order chi connectivity index (χ0) is 20.7. The molecule has 1 aliphatic heterocycles. The number of aromatic nitrogens is 2. The van der Waals surface area contributed by atoms with Crippen LogP contribution in [0, 0.1) is 11.3 Å². The first-order valence-corrected chi connectivity index (χ1v) is 9.55. The van der Waals surface area contributed by atoms with Gasteiger partial charge in [0.2, 0.25) is 0 Å². The number of ether oxygens (including phenoxy) is 1. The van der Waals surface area contributed by atoms with Crippen LogP contribution < -0.4 is 9.64 Å². The molecule has 0 N–H and O–H groups in total. The number of anilines is 1. The number of rotatable bonds is 2. The fourth-order valence-electron chi connectivity index (χ4n) is 3.71. The van der Waals surface area contributed by atoms with Crippen LogP contribution in [0.1, 0.15) is 22.7 Å². The quantitative estimate of drug-likeness (QED) is 0.448. The molecule has 4 aromatic rings. The van der Waals surface area contributed by atoms with E-state index in [1.807, 2.05) is 24.3 Å². The maximum atomic E-state index is 13.2. The van der Waals surface area contributed by atoms with E-state index in [4.69, 9.17) is 16.3 Å². The molecule has 6 nitrogen and oxygen atoms in total. The lowest BCUT2D eigenvalue weighted by Gasteiger charge is -2.36. The number of hydrogen-bond acceptors (Lipinski definition) is 5. The van der Waals surface area contributed by atoms with Crippen molar-refractivity contribution in [3.63, 3.8) is 0 Å². The molecule has 3 heterocycles. The lowest BCUT2D eigenvalue weighted by molar-refractivity contribution is 0.201. The highest BCUT2D eigenvalue weighted by Crippen LogP contribution is 2.45. The molecule has 0 saturated carbocycles. The lowest BCUT2D eigenvalue weighted by Crippen LogP contribution is -2.42. The number of nitrogens with zero attached hydrogens (tertiary/aromatic N) is 4. The highest BCUT2D eigenvalue weighted by Gasteiger charge is 2.39. The molecule has 0 fully saturated rings. The minimum Gasteiger partial charge on any atom is -0.407 e. The van der Waals surface area contributed by atoms with Crippen LogP contribution in [0.2, 0.25) is 5.02 Å². The molecule has 2 aromatic heterocycles. The molecule has 1 amide bonds. The number of pyridine rings is 2. The number of amides is 1. The molecule has 0 spiro atoms. The summed E-state index contributed by atoms with van der Waals surface area (Å²) >= 11 is 6.59. The Morgan fingerprint density at radius 1 is 0.967 bits per heavy atom. The zero-order valence-corrected chi connectivity index (χ0v) is 16.2. The van der Waals surface area contributed by atoms with Crippen molar-refractivity contribution in [3.8, 4) is 11.8 Å².